The average Bonchev–Trinajstić information content (AvgIpc) is 2.02. The molecule has 0 aromatic carbocycles. The van der Waals surface area contributed by atoms with Gasteiger partial charge in [-0.15, -0.1) is 0 Å². The highest BCUT2D eigenvalue weighted by atomic mass is 16.5. The molecule has 0 spiro atoms. The molecule has 1 unspecified atom stereocenters. The standard InChI is InChI=1S/C10H18O3/c1-5-13-10(12)9(11)8(4)6-7(2)3/h7-8H,5-6H2,1-4H3. The first kappa shape index (κ1) is 12.1. The number of ether oxygens (including phenoxy) is 1. The molecule has 0 aliphatic carbocycles. The maximum Gasteiger partial charge on any atom is 0.374 e. The largest absolute Gasteiger partial charge is 0.460 e. The van der Waals surface area contributed by atoms with Crippen molar-refractivity contribution in [1.29, 1.82) is 0 Å². The summed E-state index contributed by atoms with van der Waals surface area (Å²) in [7, 11) is 0. The molecule has 0 saturated carbocycles. The van der Waals surface area contributed by atoms with E-state index in [2.05, 4.69) is 4.74 Å². The number of carbonyl (C=O) groups is 2. The molecule has 76 valence electrons. The summed E-state index contributed by atoms with van der Waals surface area (Å²) in [5.41, 5.74) is 0. The molecule has 0 aromatic rings. The van der Waals surface area contributed by atoms with E-state index >= 15 is 0 Å². The third-order valence-corrected chi connectivity index (χ3v) is 1.75. The van der Waals surface area contributed by atoms with E-state index in [1.807, 2.05) is 13.8 Å². The van der Waals surface area contributed by atoms with E-state index < -0.39 is 11.8 Å². The van der Waals surface area contributed by atoms with Crippen LogP contribution in [-0.4, -0.2) is 18.4 Å². The van der Waals surface area contributed by atoms with Crippen LogP contribution in [0.5, 0.6) is 0 Å². The van der Waals surface area contributed by atoms with Crippen molar-refractivity contribution in [2.45, 2.75) is 34.1 Å². The molecule has 0 rings (SSSR count). The van der Waals surface area contributed by atoms with Gasteiger partial charge in [0.1, 0.15) is 0 Å². The van der Waals surface area contributed by atoms with Crippen molar-refractivity contribution in [1.82, 2.24) is 0 Å². The first-order valence-electron chi connectivity index (χ1n) is 4.70. The lowest BCUT2D eigenvalue weighted by Gasteiger charge is -2.11. The lowest BCUT2D eigenvalue weighted by molar-refractivity contribution is -0.155. The van der Waals surface area contributed by atoms with Gasteiger partial charge in [0.2, 0.25) is 5.78 Å². The summed E-state index contributed by atoms with van der Waals surface area (Å²) < 4.78 is 4.62. The van der Waals surface area contributed by atoms with Crippen LogP contribution in [0.25, 0.3) is 0 Å². The number of Topliss-reactive ketones (excluding diaryl/α,β-unsaturated/α-hetero) is 1. The molecule has 3 heteroatoms. The van der Waals surface area contributed by atoms with Crippen LogP contribution >= 0.6 is 0 Å². The number of hydrogen-bond donors (Lipinski definition) is 0. The van der Waals surface area contributed by atoms with Crippen LogP contribution < -0.4 is 0 Å². The first-order chi connectivity index (χ1) is 5.99. The molecule has 0 saturated heterocycles. The Morgan fingerprint density at radius 3 is 2.15 bits per heavy atom. The second-order valence-corrected chi connectivity index (χ2v) is 3.62. The number of carbonyl (C=O) groups excluding carboxylic acids is 2. The Morgan fingerprint density at radius 1 is 1.23 bits per heavy atom. The molecule has 13 heavy (non-hydrogen) atoms. The highest BCUT2D eigenvalue weighted by molar-refractivity contribution is 6.34. The lowest BCUT2D eigenvalue weighted by Crippen LogP contribution is -2.25. The third-order valence-electron chi connectivity index (χ3n) is 1.75. The Balaban J connectivity index is 4.02. The van der Waals surface area contributed by atoms with Crippen molar-refractivity contribution < 1.29 is 14.3 Å². The number of rotatable bonds is 5. The van der Waals surface area contributed by atoms with Crippen molar-refractivity contribution in [3.8, 4) is 0 Å². The maximum atomic E-state index is 11.3. The zero-order valence-electron chi connectivity index (χ0n) is 8.79. The molecule has 0 heterocycles. The molecule has 0 fully saturated rings. The fourth-order valence-electron chi connectivity index (χ4n) is 1.22. The van der Waals surface area contributed by atoms with Crippen LogP contribution in [0.4, 0.5) is 0 Å². The third kappa shape index (κ3) is 4.65. The minimum absolute atomic E-state index is 0.223. The highest BCUT2D eigenvalue weighted by Gasteiger charge is 2.22. The van der Waals surface area contributed by atoms with Gasteiger partial charge in [0.05, 0.1) is 6.61 Å². The zero-order valence-corrected chi connectivity index (χ0v) is 8.79. The van der Waals surface area contributed by atoms with Gasteiger partial charge in [0, 0.05) is 5.92 Å². The van der Waals surface area contributed by atoms with Crippen LogP contribution in [0.2, 0.25) is 0 Å². The predicted molar refractivity (Wildman–Crippen MR) is 50.3 cm³/mol. The van der Waals surface area contributed by atoms with E-state index in [1.54, 1.807) is 13.8 Å². The van der Waals surface area contributed by atoms with Crippen LogP contribution in [0.15, 0.2) is 0 Å². The van der Waals surface area contributed by atoms with Crippen molar-refractivity contribution in [3.05, 3.63) is 0 Å². The van der Waals surface area contributed by atoms with Crippen molar-refractivity contribution in [2.24, 2.45) is 11.8 Å². The summed E-state index contributed by atoms with van der Waals surface area (Å²) in [5.74, 6) is -0.904. The van der Waals surface area contributed by atoms with Crippen molar-refractivity contribution in [2.75, 3.05) is 6.61 Å². The second-order valence-electron chi connectivity index (χ2n) is 3.62. The van der Waals surface area contributed by atoms with E-state index in [-0.39, 0.29) is 12.5 Å². The monoisotopic (exact) mass is 186 g/mol. The average molecular weight is 186 g/mol. The predicted octanol–water partition coefficient (Wildman–Crippen LogP) is 1.80. The van der Waals surface area contributed by atoms with Gasteiger partial charge in [0.15, 0.2) is 0 Å². The summed E-state index contributed by atoms with van der Waals surface area (Å²) in [6.07, 6.45) is 0.734. The van der Waals surface area contributed by atoms with E-state index in [9.17, 15) is 9.59 Å². The van der Waals surface area contributed by atoms with Crippen LogP contribution in [0.1, 0.15) is 34.1 Å². The molecule has 0 aliphatic rings. The number of hydrogen-bond acceptors (Lipinski definition) is 3. The summed E-state index contributed by atoms with van der Waals surface area (Å²) in [5, 5.41) is 0. The molecule has 0 aliphatic heterocycles. The van der Waals surface area contributed by atoms with Gasteiger partial charge in [-0.05, 0) is 19.3 Å². The molecule has 0 aromatic heterocycles. The van der Waals surface area contributed by atoms with Crippen LogP contribution in [0.3, 0.4) is 0 Å². The van der Waals surface area contributed by atoms with Crippen LogP contribution in [0, 0.1) is 11.8 Å². The van der Waals surface area contributed by atoms with Crippen molar-refractivity contribution in [3.63, 3.8) is 0 Å². The quantitative estimate of drug-likeness (QED) is 0.485. The Hall–Kier alpha value is -0.860. The molecular weight excluding hydrogens is 168 g/mol. The summed E-state index contributed by atoms with van der Waals surface area (Å²) >= 11 is 0. The lowest BCUT2D eigenvalue weighted by atomic mass is 9.95. The molecule has 0 amide bonds. The van der Waals surface area contributed by atoms with Crippen molar-refractivity contribution >= 4 is 11.8 Å². The van der Waals surface area contributed by atoms with Gasteiger partial charge < -0.3 is 4.74 Å². The van der Waals surface area contributed by atoms with E-state index in [0.717, 1.165) is 6.42 Å². The second kappa shape index (κ2) is 5.73. The summed E-state index contributed by atoms with van der Waals surface area (Å²) in [6, 6.07) is 0. The molecular formula is C10H18O3. The van der Waals surface area contributed by atoms with Crippen LogP contribution in [-0.2, 0) is 14.3 Å². The van der Waals surface area contributed by atoms with E-state index in [0.29, 0.717) is 5.92 Å². The first-order valence-corrected chi connectivity index (χ1v) is 4.70. The Labute approximate surface area is 79.5 Å². The number of ketones is 1. The van der Waals surface area contributed by atoms with E-state index in [4.69, 9.17) is 0 Å². The molecule has 0 bridgehead atoms. The SMILES string of the molecule is CCOC(=O)C(=O)C(C)CC(C)C. The fourth-order valence-corrected chi connectivity index (χ4v) is 1.22. The fraction of sp³-hybridized carbons (Fsp3) is 0.800. The zero-order chi connectivity index (χ0) is 10.4. The highest BCUT2D eigenvalue weighted by Crippen LogP contribution is 2.12. The Kier molecular flexibility index (Phi) is 5.35. The van der Waals surface area contributed by atoms with Gasteiger partial charge in [-0.2, -0.15) is 0 Å². The topological polar surface area (TPSA) is 43.4 Å². The maximum absolute atomic E-state index is 11.3. The van der Waals surface area contributed by atoms with Gasteiger partial charge in [-0.25, -0.2) is 4.79 Å². The molecule has 0 radical (unpaired) electrons. The summed E-state index contributed by atoms with van der Waals surface area (Å²) in [4.78, 5) is 22.3. The Bertz CT molecular complexity index is 185. The van der Waals surface area contributed by atoms with Gasteiger partial charge in [-0.3, -0.25) is 4.79 Å². The normalized spacial score (nSPS) is 12.7. The minimum atomic E-state index is -0.698. The number of esters is 1. The summed E-state index contributed by atoms with van der Waals surface area (Å²) in [6.45, 7) is 7.76. The van der Waals surface area contributed by atoms with Gasteiger partial charge >= 0.3 is 5.97 Å². The molecule has 1 atom stereocenters. The van der Waals surface area contributed by atoms with Gasteiger partial charge in [-0.1, -0.05) is 20.8 Å². The minimum Gasteiger partial charge on any atom is -0.460 e. The van der Waals surface area contributed by atoms with Gasteiger partial charge in [0.25, 0.3) is 0 Å². The van der Waals surface area contributed by atoms with E-state index in [1.165, 1.54) is 0 Å². The Morgan fingerprint density at radius 2 is 1.77 bits per heavy atom. The smallest absolute Gasteiger partial charge is 0.374 e. The molecule has 3 nitrogen and oxygen atoms in total. The molecule has 0 N–H and O–H groups in total.